The fourth-order valence-electron chi connectivity index (χ4n) is 5.91. The van der Waals surface area contributed by atoms with Gasteiger partial charge in [-0.15, -0.1) is 0 Å². The highest BCUT2D eigenvalue weighted by Crippen LogP contribution is 2.35. The number of carbonyl (C=O) groups is 2. The van der Waals surface area contributed by atoms with Crippen molar-refractivity contribution in [1.82, 2.24) is 29.6 Å². The monoisotopic (exact) mass is 829 g/mol. The predicted molar refractivity (Wildman–Crippen MR) is 201 cm³/mol. The SMILES string of the molecule is Cn1nc(NC(=O)CS(C)(=O)=O)c2c(Cl)ccc(-n3c(C(Cc4cc(F)cc(F)c4)NC(=O)OC(C)(C)C)nc4nc(Oc5ccc(F)cc5F)ccc4c3=O)c21. The van der Waals surface area contributed by atoms with Crippen LogP contribution >= 0.6 is 11.6 Å². The standard InChI is InChI=1S/C37H32ClF4N7O7S/c1-37(2,3)56-36(52)43-25(14-18-12-20(40)15-21(41)13-18)34-46-32-22(7-11-29(45-32)55-27-10-6-19(39)16-24(27)42)35(51)49(34)26-9-8-23(38)30-31(26)48(4)47-33(30)44-28(50)17-57(5,53)54/h6-13,15-16,25H,14,17H2,1-5H3,(H,43,52)(H,44,47,50). The van der Waals surface area contributed by atoms with Crippen LogP contribution in [0.4, 0.5) is 28.2 Å². The second-order valence-corrected chi connectivity index (χ2v) is 16.4. The molecule has 0 bridgehead atoms. The maximum Gasteiger partial charge on any atom is 0.408 e. The molecule has 1 atom stereocenters. The molecular formula is C37H32ClF4N7O7S. The normalized spacial score (nSPS) is 12.5. The average molecular weight is 830 g/mol. The van der Waals surface area contributed by atoms with Crippen molar-refractivity contribution in [3.05, 3.63) is 111 Å². The van der Waals surface area contributed by atoms with E-state index >= 15 is 0 Å². The molecule has 0 saturated carbocycles. The van der Waals surface area contributed by atoms with Gasteiger partial charge in [0.1, 0.15) is 34.6 Å². The van der Waals surface area contributed by atoms with E-state index in [0.717, 1.165) is 35.1 Å². The van der Waals surface area contributed by atoms with Gasteiger partial charge in [0.15, 0.2) is 32.9 Å². The third-order valence-corrected chi connectivity index (χ3v) is 9.12. The molecule has 0 saturated heterocycles. The number of hydrogen-bond donors (Lipinski definition) is 2. The molecule has 0 aliphatic carbocycles. The molecule has 3 aromatic carbocycles. The quantitative estimate of drug-likeness (QED) is 0.146. The molecule has 20 heteroatoms. The molecule has 6 rings (SSSR count). The van der Waals surface area contributed by atoms with Crippen LogP contribution in [0.3, 0.4) is 0 Å². The number of nitrogens with zero attached hydrogens (tertiary/aromatic N) is 5. The van der Waals surface area contributed by atoms with Gasteiger partial charge >= 0.3 is 6.09 Å². The number of benzene rings is 3. The molecule has 2 N–H and O–H groups in total. The van der Waals surface area contributed by atoms with Crippen molar-refractivity contribution >= 4 is 61.2 Å². The Morgan fingerprint density at radius 2 is 1.65 bits per heavy atom. The van der Waals surface area contributed by atoms with Crippen LogP contribution in [0.5, 0.6) is 11.6 Å². The number of ether oxygens (including phenoxy) is 2. The number of pyridine rings is 1. The zero-order valence-corrected chi connectivity index (χ0v) is 32.2. The van der Waals surface area contributed by atoms with E-state index in [-0.39, 0.29) is 62.2 Å². The number of nitrogens with one attached hydrogen (secondary N) is 2. The van der Waals surface area contributed by atoms with Gasteiger partial charge in [-0.3, -0.25) is 18.8 Å². The number of amides is 2. The Morgan fingerprint density at radius 1 is 0.947 bits per heavy atom. The number of halogens is 5. The summed E-state index contributed by atoms with van der Waals surface area (Å²) in [5.74, 6) is -6.62. The number of sulfone groups is 1. The molecular weight excluding hydrogens is 798 g/mol. The van der Waals surface area contributed by atoms with Crippen LogP contribution in [0.15, 0.2) is 65.5 Å². The summed E-state index contributed by atoms with van der Waals surface area (Å²) in [7, 11) is -2.29. The summed E-state index contributed by atoms with van der Waals surface area (Å²) in [6, 6.07) is 9.18. The largest absolute Gasteiger partial charge is 0.444 e. The molecule has 0 radical (unpaired) electrons. The number of aromatic nitrogens is 5. The molecule has 0 spiro atoms. The topological polar surface area (TPSA) is 176 Å². The average Bonchev–Trinajstić information content (AvgIpc) is 3.39. The molecule has 57 heavy (non-hydrogen) atoms. The summed E-state index contributed by atoms with van der Waals surface area (Å²) in [5.41, 5.74) is -1.93. The second kappa shape index (κ2) is 15.5. The van der Waals surface area contributed by atoms with Crippen molar-refractivity contribution in [2.45, 2.75) is 38.8 Å². The van der Waals surface area contributed by atoms with Crippen LogP contribution in [-0.4, -0.2) is 62.3 Å². The van der Waals surface area contributed by atoms with Crippen molar-refractivity contribution in [3.8, 4) is 17.3 Å². The first-order valence-corrected chi connectivity index (χ1v) is 19.2. The smallest absolute Gasteiger partial charge is 0.408 e. The van der Waals surface area contributed by atoms with Gasteiger partial charge in [0, 0.05) is 37.9 Å². The number of hydrogen-bond acceptors (Lipinski definition) is 10. The Morgan fingerprint density at radius 3 is 2.30 bits per heavy atom. The second-order valence-electron chi connectivity index (χ2n) is 13.9. The minimum Gasteiger partial charge on any atom is -0.444 e. The van der Waals surface area contributed by atoms with Gasteiger partial charge in [0.2, 0.25) is 11.8 Å². The lowest BCUT2D eigenvalue weighted by atomic mass is 10.0. The summed E-state index contributed by atoms with van der Waals surface area (Å²) < 4.78 is 94.2. The predicted octanol–water partition coefficient (Wildman–Crippen LogP) is 6.46. The van der Waals surface area contributed by atoms with Crippen LogP contribution in [0.25, 0.3) is 27.6 Å². The first-order valence-electron chi connectivity index (χ1n) is 16.8. The number of carbonyl (C=O) groups excluding carboxylic acids is 2. The van der Waals surface area contributed by atoms with Gasteiger partial charge in [-0.1, -0.05) is 11.6 Å². The van der Waals surface area contributed by atoms with Gasteiger partial charge in [0.05, 0.1) is 33.0 Å². The number of anilines is 1. The van der Waals surface area contributed by atoms with E-state index in [1.807, 2.05) is 0 Å². The van der Waals surface area contributed by atoms with Crippen molar-refractivity contribution in [2.75, 3.05) is 17.3 Å². The fourth-order valence-corrected chi connectivity index (χ4v) is 6.70. The summed E-state index contributed by atoms with van der Waals surface area (Å²) in [6.45, 7) is 4.80. The van der Waals surface area contributed by atoms with E-state index in [9.17, 15) is 40.4 Å². The van der Waals surface area contributed by atoms with E-state index in [0.29, 0.717) is 12.1 Å². The molecule has 0 aliphatic rings. The van der Waals surface area contributed by atoms with Crippen molar-refractivity contribution in [2.24, 2.45) is 7.05 Å². The maximum absolute atomic E-state index is 14.7. The van der Waals surface area contributed by atoms with E-state index < -0.39 is 73.8 Å². The fraction of sp³-hybridized carbons (Fsp3) is 0.243. The van der Waals surface area contributed by atoms with Gasteiger partial charge in [-0.25, -0.2) is 35.8 Å². The van der Waals surface area contributed by atoms with Crippen LogP contribution < -0.4 is 20.9 Å². The lowest BCUT2D eigenvalue weighted by Gasteiger charge is -2.26. The lowest BCUT2D eigenvalue weighted by Crippen LogP contribution is -2.39. The minimum absolute atomic E-state index is 0.0255. The van der Waals surface area contributed by atoms with E-state index in [1.54, 1.807) is 20.8 Å². The summed E-state index contributed by atoms with van der Waals surface area (Å²) in [6.07, 6.45) is -0.503. The van der Waals surface area contributed by atoms with Crippen molar-refractivity contribution < 1.29 is 45.0 Å². The first kappa shape index (κ1) is 40.6. The molecule has 14 nitrogen and oxygen atoms in total. The Bertz CT molecular complexity index is 2750. The zero-order valence-electron chi connectivity index (χ0n) is 30.7. The first-order chi connectivity index (χ1) is 26.7. The third kappa shape index (κ3) is 9.32. The molecule has 298 valence electrons. The van der Waals surface area contributed by atoms with Crippen LogP contribution in [0.2, 0.25) is 5.02 Å². The number of fused-ring (bicyclic) bond motifs is 2. The van der Waals surface area contributed by atoms with E-state index in [1.165, 1.54) is 36.0 Å². The van der Waals surface area contributed by atoms with Gasteiger partial charge in [-0.05, 0) is 68.8 Å². The number of aryl methyl sites for hydroxylation is 1. The highest BCUT2D eigenvalue weighted by Gasteiger charge is 2.29. The third-order valence-electron chi connectivity index (χ3n) is 8.01. The Labute approximate surface area is 326 Å². The summed E-state index contributed by atoms with van der Waals surface area (Å²) >= 11 is 6.62. The molecule has 1 unspecified atom stereocenters. The number of alkyl carbamates (subject to hydrolysis) is 1. The number of rotatable bonds is 10. The zero-order chi connectivity index (χ0) is 41.6. The molecule has 3 aromatic heterocycles. The van der Waals surface area contributed by atoms with E-state index in [4.69, 9.17) is 21.1 Å². The minimum atomic E-state index is -3.74. The highest BCUT2D eigenvalue weighted by molar-refractivity contribution is 7.91. The van der Waals surface area contributed by atoms with Crippen molar-refractivity contribution in [1.29, 1.82) is 0 Å². The van der Waals surface area contributed by atoms with Gasteiger partial charge in [0.25, 0.3) is 5.56 Å². The summed E-state index contributed by atoms with van der Waals surface area (Å²) in [5, 5.41) is 9.39. The van der Waals surface area contributed by atoms with E-state index in [2.05, 4.69) is 25.7 Å². The summed E-state index contributed by atoms with van der Waals surface area (Å²) in [4.78, 5) is 49.8. The molecule has 2 amide bonds. The van der Waals surface area contributed by atoms with Crippen LogP contribution in [0, 0.1) is 23.3 Å². The van der Waals surface area contributed by atoms with Crippen molar-refractivity contribution in [3.63, 3.8) is 0 Å². The van der Waals surface area contributed by atoms with Gasteiger partial charge in [-0.2, -0.15) is 10.1 Å². The Balaban J connectivity index is 1.62. The molecule has 6 aromatic rings. The van der Waals surface area contributed by atoms with Crippen LogP contribution in [0.1, 0.15) is 38.2 Å². The van der Waals surface area contributed by atoms with Gasteiger partial charge < -0.3 is 20.1 Å². The maximum atomic E-state index is 14.7. The highest BCUT2D eigenvalue weighted by atomic mass is 35.5. The molecule has 0 fully saturated rings. The van der Waals surface area contributed by atoms with Crippen LogP contribution in [-0.2, 0) is 32.8 Å². The Kier molecular flexibility index (Phi) is 11.0. The molecule has 3 heterocycles. The lowest BCUT2D eigenvalue weighted by molar-refractivity contribution is -0.113. The molecule has 0 aliphatic heterocycles. The Hall–Kier alpha value is -6.08.